The summed E-state index contributed by atoms with van der Waals surface area (Å²) < 4.78 is -0.529. The molecule has 2 N–H and O–H groups in total. The van der Waals surface area contributed by atoms with E-state index in [1.54, 1.807) is 0 Å². The van der Waals surface area contributed by atoms with Gasteiger partial charge in [0, 0.05) is 13.5 Å². The molecule has 0 spiro atoms. The molecular weight excluding hydrogens is 319 g/mol. The first-order chi connectivity index (χ1) is 7.59. The molecule has 1 atom stereocenters. The van der Waals surface area contributed by atoms with Gasteiger partial charge in [-0.2, -0.15) is 0 Å². The van der Waals surface area contributed by atoms with Gasteiger partial charge in [-0.1, -0.05) is 30.3 Å². The minimum absolute atomic E-state index is 0.195. The Morgan fingerprint density at radius 3 is 2.50 bits per heavy atom. The van der Waals surface area contributed by atoms with Crippen LogP contribution >= 0.6 is 22.6 Å². The van der Waals surface area contributed by atoms with Gasteiger partial charge in [-0.05, 0) is 28.2 Å². The van der Waals surface area contributed by atoms with Gasteiger partial charge in [-0.25, -0.2) is 0 Å². The standard InChI is InChI=1S/C11H13IN2O2/c1-8(15)14-10(12)11(16)13-7-9-5-3-2-4-6-9/h2-6,10H,7H2,1H3,(H,13,16)(H,14,15). The molecule has 4 nitrogen and oxygen atoms in total. The zero-order valence-corrected chi connectivity index (χ0v) is 11.0. The van der Waals surface area contributed by atoms with Crippen LogP contribution in [0.5, 0.6) is 0 Å². The number of rotatable bonds is 4. The summed E-state index contributed by atoms with van der Waals surface area (Å²) in [6.07, 6.45) is 0. The molecular formula is C11H13IN2O2. The molecule has 5 heteroatoms. The Kier molecular flexibility index (Phi) is 5.24. The second-order valence-corrected chi connectivity index (χ2v) is 4.51. The number of alkyl halides is 1. The Balaban J connectivity index is 2.38. The zero-order valence-electron chi connectivity index (χ0n) is 8.87. The van der Waals surface area contributed by atoms with Crippen molar-refractivity contribution < 1.29 is 9.59 Å². The van der Waals surface area contributed by atoms with Crippen molar-refractivity contribution in [2.75, 3.05) is 0 Å². The number of hydrogen-bond donors (Lipinski definition) is 2. The Morgan fingerprint density at radius 2 is 1.94 bits per heavy atom. The third-order valence-corrected chi connectivity index (χ3v) is 2.75. The lowest BCUT2D eigenvalue weighted by Crippen LogP contribution is -2.41. The number of benzene rings is 1. The Hall–Kier alpha value is -1.11. The Morgan fingerprint density at radius 1 is 1.31 bits per heavy atom. The minimum atomic E-state index is -0.529. The van der Waals surface area contributed by atoms with Crippen molar-refractivity contribution >= 4 is 34.4 Å². The Labute approximate surface area is 108 Å². The van der Waals surface area contributed by atoms with Crippen LogP contribution in [0.1, 0.15) is 12.5 Å². The maximum absolute atomic E-state index is 11.5. The smallest absolute Gasteiger partial charge is 0.253 e. The van der Waals surface area contributed by atoms with E-state index in [-0.39, 0.29) is 11.8 Å². The van der Waals surface area contributed by atoms with E-state index in [0.717, 1.165) is 5.56 Å². The quantitative estimate of drug-likeness (QED) is 0.495. The minimum Gasteiger partial charge on any atom is -0.350 e. The van der Waals surface area contributed by atoms with Crippen LogP contribution in [0.3, 0.4) is 0 Å². The molecule has 0 saturated heterocycles. The van der Waals surface area contributed by atoms with Crippen molar-refractivity contribution in [3.8, 4) is 0 Å². The lowest BCUT2D eigenvalue weighted by Gasteiger charge is -2.11. The largest absolute Gasteiger partial charge is 0.350 e. The summed E-state index contributed by atoms with van der Waals surface area (Å²) in [5.74, 6) is -0.408. The highest BCUT2D eigenvalue weighted by molar-refractivity contribution is 14.1. The van der Waals surface area contributed by atoms with Crippen LogP contribution < -0.4 is 10.6 Å². The Bertz CT molecular complexity index is 368. The van der Waals surface area contributed by atoms with E-state index in [1.807, 2.05) is 52.9 Å². The summed E-state index contributed by atoms with van der Waals surface area (Å²) in [7, 11) is 0. The fourth-order valence-electron chi connectivity index (χ4n) is 1.12. The first-order valence-electron chi connectivity index (χ1n) is 4.82. The molecule has 0 radical (unpaired) electrons. The second kappa shape index (κ2) is 6.47. The second-order valence-electron chi connectivity index (χ2n) is 3.27. The SMILES string of the molecule is CC(=O)NC(I)C(=O)NCc1ccccc1. The summed E-state index contributed by atoms with van der Waals surface area (Å²) in [5, 5.41) is 5.26. The molecule has 0 aliphatic carbocycles. The van der Waals surface area contributed by atoms with Gasteiger partial charge in [-0.3, -0.25) is 9.59 Å². The molecule has 0 saturated carbocycles. The maximum atomic E-state index is 11.5. The fourth-order valence-corrected chi connectivity index (χ4v) is 1.78. The predicted molar refractivity (Wildman–Crippen MR) is 69.9 cm³/mol. The molecule has 86 valence electrons. The lowest BCUT2D eigenvalue weighted by molar-refractivity contribution is -0.125. The van der Waals surface area contributed by atoms with Gasteiger partial charge in [0.2, 0.25) is 5.91 Å². The summed E-state index contributed by atoms with van der Waals surface area (Å²) in [6, 6.07) is 9.61. The molecule has 1 unspecified atom stereocenters. The lowest BCUT2D eigenvalue weighted by atomic mass is 10.2. The van der Waals surface area contributed by atoms with Gasteiger partial charge in [0.15, 0.2) is 4.05 Å². The van der Waals surface area contributed by atoms with Crippen LogP contribution in [0, 0.1) is 0 Å². The first-order valence-corrected chi connectivity index (χ1v) is 6.07. The number of amides is 2. The van der Waals surface area contributed by atoms with E-state index in [0.29, 0.717) is 6.54 Å². The molecule has 0 aliphatic rings. The van der Waals surface area contributed by atoms with E-state index < -0.39 is 4.05 Å². The molecule has 1 rings (SSSR count). The summed E-state index contributed by atoms with van der Waals surface area (Å²) in [5.41, 5.74) is 1.03. The molecule has 0 aromatic heterocycles. The highest BCUT2D eigenvalue weighted by atomic mass is 127. The fraction of sp³-hybridized carbons (Fsp3) is 0.273. The van der Waals surface area contributed by atoms with Gasteiger partial charge < -0.3 is 10.6 Å². The molecule has 2 amide bonds. The molecule has 0 aliphatic heterocycles. The summed E-state index contributed by atoms with van der Waals surface area (Å²) in [4.78, 5) is 22.3. The number of carbonyl (C=O) groups is 2. The third-order valence-electron chi connectivity index (χ3n) is 1.87. The first kappa shape index (κ1) is 13.0. The van der Waals surface area contributed by atoms with Gasteiger partial charge in [0.05, 0.1) is 0 Å². The molecule has 0 bridgehead atoms. The van der Waals surface area contributed by atoms with Gasteiger partial charge in [0.25, 0.3) is 5.91 Å². The molecule has 16 heavy (non-hydrogen) atoms. The van der Waals surface area contributed by atoms with E-state index in [9.17, 15) is 9.59 Å². The van der Waals surface area contributed by atoms with Crippen LogP contribution in [-0.2, 0) is 16.1 Å². The van der Waals surface area contributed by atoms with Crippen molar-refractivity contribution in [3.63, 3.8) is 0 Å². The molecule has 1 aromatic carbocycles. The normalized spacial score (nSPS) is 11.6. The van der Waals surface area contributed by atoms with E-state index >= 15 is 0 Å². The van der Waals surface area contributed by atoms with E-state index in [1.165, 1.54) is 6.92 Å². The van der Waals surface area contributed by atoms with Gasteiger partial charge >= 0.3 is 0 Å². The number of nitrogens with one attached hydrogen (secondary N) is 2. The monoisotopic (exact) mass is 332 g/mol. The predicted octanol–water partition coefficient (Wildman–Crippen LogP) is 1.20. The highest BCUT2D eigenvalue weighted by Gasteiger charge is 2.14. The van der Waals surface area contributed by atoms with Gasteiger partial charge in [-0.15, -0.1) is 0 Å². The average molecular weight is 332 g/mol. The number of halogens is 1. The van der Waals surface area contributed by atoms with Crippen molar-refractivity contribution in [2.45, 2.75) is 17.5 Å². The maximum Gasteiger partial charge on any atom is 0.253 e. The average Bonchev–Trinajstić information content (AvgIpc) is 2.26. The summed E-state index contributed by atoms with van der Waals surface area (Å²) >= 11 is 1.88. The van der Waals surface area contributed by atoms with Crippen molar-refractivity contribution in [1.82, 2.24) is 10.6 Å². The summed E-state index contributed by atoms with van der Waals surface area (Å²) in [6.45, 7) is 1.86. The van der Waals surface area contributed by atoms with Crippen LogP contribution in [0.15, 0.2) is 30.3 Å². The van der Waals surface area contributed by atoms with Gasteiger partial charge in [0.1, 0.15) is 0 Å². The topological polar surface area (TPSA) is 58.2 Å². The van der Waals surface area contributed by atoms with E-state index in [4.69, 9.17) is 0 Å². The van der Waals surface area contributed by atoms with Crippen LogP contribution in [0.2, 0.25) is 0 Å². The number of hydrogen-bond acceptors (Lipinski definition) is 2. The van der Waals surface area contributed by atoms with E-state index in [2.05, 4.69) is 10.6 Å². The van der Waals surface area contributed by atoms with Crippen LogP contribution in [0.25, 0.3) is 0 Å². The molecule has 0 heterocycles. The van der Waals surface area contributed by atoms with Crippen molar-refractivity contribution in [3.05, 3.63) is 35.9 Å². The van der Waals surface area contributed by atoms with Crippen LogP contribution in [0.4, 0.5) is 0 Å². The van der Waals surface area contributed by atoms with Crippen molar-refractivity contribution in [1.29, 1.82) is 0 Å². The molecule has 0 fully saturated rings. The number of carbonyl (C=O) groups excluding carboxylic acids is 2. The highest BCUT2D eigenvalue weighted by Crippen LogP contribution is 2.00. The van der Waals surface area contributed by atoms with Crippen molar-refractivity contribution in [2.24, 2.45) is 0 Å². The zero-order chi connectivity index (χ0) is 12.0. The van der Waals surface area contributed by atoms with Crippen LogP contribution in [-0.4, -0.2) is 15.9 Å². The molecule has 1 aromatic rings. The third kappa shape index (κ3) is 4.61.